The second-order valence-corrected chi connectivity index (χ2v) is 2.41. The van der Waals surface area contributed by atoms with E-state index in [1.807, 2.05) is 0 Å². The summed E-state index contributed by atoms with van der Waals surface area (Å²) in [4.78, 5) is 20.7. The van der Waals surface area contributed by atoms with Gasteiger partial charge >= 0.3 is 0 Å². The maximum atomic E-state index is 10.4. The van der Waals surface area contributed by atoms with Crippen LogP contribution in [0.2, 0.25) is 0 Å². The van der Waals surface area contributed by atoms with Crippen LogP contribution in [0.25, 0.3) is 0 Å². The van der Waals surface area contributed by atoms with Crippen LogP contribution in [-0.2, 0) is 9.59 Å². The Balaban J connectivity index is 2.94. The molecule has 0 fully saturated rings. The molecule has 0 aromatic heterocycles. The van der Waals surface area contributed by atoms with Crippen LogP contribution in [0.1, 0.15) is 0 Å². The van der Waals surface area contributed by atoms with E-state index in [0.717, 1.165) is 0 Å². The molecule has 1 aliphatic carbocycles. The Hall–Kier alpha value is -1.22. The van der Waals surface area contributed by atoms with Gasteiger partial charge in [0.25, 0.3) is 0 Å². The molecule has 1 N–H and O–H groups in total. The largest absolute Gasteiger partial charge is 0.377 e. The fraction of sp³-hybridized carbons (Fsp3) is 0.250. The van der Waals surface area contributed by atoms with E-state index in [2.05, 4.69) is 0 Å². The van der Waals surface area contributed by atoms with Gasteiger partial charge in [-0.3, -0.25) is 4.79 Å². The van der Waals surface area contributed by atoms with Crippen molar-refractivity contribution in [1.82, 2.24) is 0 Å². The quantitative estimate of drug-likeness (QED) is 0.560. The van der Waals surface area contributed by atoms with Crippen molar-refractivity contribution in [3.8, 4) is 0 Å². The minimum absolute atomic E-state index is 0.367. The van der Waals surface area contributed by atoms with Gasteiger partial charge in [-0.15, -0.1) is 0 Å². The first kappa shape index (κ1) is 7.88. The molecule has 0 bridgehead atoms. The Morgan fingerprint density at radius 3 is 2.55 bits per heavy atom. The molecule has 3 nitrogen and oxygen atoms in total. The molecular formula is C8H8O3. The first-order chi connectivity index (χ1) is 5.23. The molecule has 1 aliphatic rings. The Kier molecular flexibility index (Phi) is 2.01. The molecule has 0 spiro atoms. The second kappa shape index (κ2) is 2.80. The molecule has 3 heteroatoms. The number of hydrogen-bond acceptors (Lipinski definition) is 3. The van der Waals surface area contributed by atoms with E-state index < -0.39 is 11.5 Å². The van der Waals surface area contributed by atoms with Crippen LogP contribution in [0.3, 0.4) is 0 Å². The fourth-order valence-electron chi connectivity index (χ4n) is 0.931. The smallest absolute Gasteiger partial charge is 0.156 e. The maximum Gasteiger partial charge on any atom is 0.156 e. The highest BCUT2D eigenvalue weighted by molar-refractivity contribution is 5.76. The lowest BCUT2D eigenvalue weighted by molar-refractivity contribution is -0.128. The average Bonchev–Trinajstić information content (AvgIpc) is 2.05. The van der Waals surface area contributed by atoms with Gasteiger partial charge in [-0.1, -0.05) is 18.2 Å². The van der Waals surface area contributed by atoms with E-state index in [1.165, 1.54) is 18.2 Å². The summed E-state index contributed by atoms with van der Waals surface area (Å²) in [5, 5.41) is 9.40. The SMILES string of the molecule is O=CC1C=CC=CC1(O)C=O. The van der Waals surface area contributed by atoms with Crippen molar-refractivity contribution < 1.29 is 14.7 Å². The summed E-state index contributed by atoms with van der Waals surface area (Å²) in [5.41, 5.74) is -1.63. The third-order valence-corrected chi connectivity index (χ3v) is 1.66. The summed E-state index contributed by atoms with van der Waals surface area (Å²) in [6.45, 7) is 0. The van der Waals surface area contributed by atoms with Gasteiger partial charge in [0, 0.05) is 0 Å². The lowest BCUT2D eigenvalue weighted by atomic mass is 9.86. The number of rotatable bonds is 2. The Bertz CT molecular complexity index is 229. The standard InChI is InChI=1S/C8H8O3/c9-5-7-3-1-2-4-8(7,11)6-10/h1-7,11H. The third kappa shape index (κ3) is 1.28. The summed E-state index contributed by atoms with van der Waals surface area (Å²) < 4.78 is 0. The van der Waals surface area contributed by atoms with E-state index in [-0.39, 0.29) is 0 Å². The molecule has 0 amide bonds. The second-order valence-electron chi connectivity index (χ2n) is 2.41. The Morgan fingerprint density at radius 2 is 2.09 bits per heavy atom. The molecule has 0 heterocycles. The van der Waals surface area contributed by atoms with Gasteiger partial charge in [0.1, 0.15) is 6.29 Å². The van der Waals surface area contributed by atoms with E-state index in [0.29, 0.717) is 12.6 Å². The van der Waals surface area contributed by atoms with Crippen LogP contribution in [0, 0.1) is 5.92 Å². The van der Waals surface area contributed by atoms with Gasteiger partial charge < -0.3 is 9.90 Å². The van der Waals surface area contributed by atoms with Crippen LogP contribution in [0.4, 0.5) is 0 Å². The number of carbonyl (C=O) groups excluding carboxylic acids is 2. The molecule has 58 valence electrons. The molecule has 2 atom stereocenters. The van der Waals surface area contributed by atoms with Crippen LogP contribution in [0.5, 0.6) is 0 Å². The first-order valence-corrected chi connectivity index (χ1v) is 3.23. The van der Waals surface area contributed by atoms with Crippen molar-refractivity contribution in [3.63, 3.8) is 0 Å². The summed E-state index contributed by atoms with van der Waals surface area (Å²) in [6, 6.07) is 0. The number of aliphatic hydroxyl groups is 1. The van der Waals surface area contributed by atoms with E-state index in [4.69, 9.17) is 0 Å². The van der Waals surface area contributed by atoms with Crippen LogP contribution in [-0.4, -0.2) is 23.3 Å². The van der Waals surface area contributed by atoms with Crippen LogP contribution >= 0.6 is 0 Å². The summed E-state index contributed by atoms with van der Waals surface area (Å²) in [6.07, 6.45) is 6.87. The molecule has 0 aliphatic heterocycles. The fourth-order valence-corrected chi connectivity index (χ4v) is 0.931. The molecule has 1 rings (SSSR count). The topological polar surface area (TPSA) is 54.4 Å². The molecule has 0 radical (unpaired) electrons. The molecule has 2 unspecified atom stereocenters. The van der Waals surface area contributed by atoms with Crippen molar-refractivity contribution in [1.29, 1.82) is 0 Å². The maximum absolute atomic E-state index is 10.4. The molecule has 0 saturated carbocycles. The van der Waals surface area contributed by atoms with Gasteiger partial charge in [-0.05, 0) is 6.08 Å². The molecular weight excluding hydrogens is 144 g/mol. The van der Waals surface area contributed by atoms with Gasteiger partial charge in [0.15, 0.2) is 11.9 Å². The van der Waals surface area contributed by atoms with Crippen molar-refractivity contribution in [2.45, 2.75) is 5.60 Å². The van der Waals surface area contributed by atoms with Gasteiger partial charge in [-0.25, -0.2) is 0 Å². The summed E-state index contributed by atoms with van der Waals surface area (Å²) in [7, 11) is 0. The number of hydrogen-bond donors (Lipinski definition) is 1. The highest BCUT2D eigenvalue weighted by Crippen LogP contribution is 2.20. The van der Waals surface area contributed by atoms with Crippen molar-refractivity contribution >= 4 is 12.6 Å². The minimum atomic E-state index is -1.63. The van der Waals surface area contributed by atoms with Crippen molar-refractivity contribution in [2.24, 2.45) is 5.92 Å². The zero-order chi connectivity index (χ0) is 8.32. The number of allylic oxidation sites excluding steroid dienone is 2. The number of aldehydes is 2. The predicted molar refractivity (Wildman–Crippen MR) is 38.8 cm³/mol. The Morgan fingerprint density at radius 1 is 1.36 bits per heavy atom. The zero-order valence-corrected chi connectivity index (χ0v) is 5.81. The lowest BCUT2D eigenvalue weighted by Crippen LogP contribution is -2.38. The first-order valence-electron chi connectivity index (χ1n) is 3.23. The minimum Gasteiger partial charge on any atom is -0.377 e. The van der Waals surface area contributed by atoms with Gasteiger partial charge in [-0.2, -0.15) is 0 Å². The summed E-state index contributed by atoms with van der Waals surface area (Å²) in [5.74, 6) is -0.745. The molecule has 0 aromatic rings. The van der Waals surface area contributed by atoms with Gasteiger partial charge in [0.05, 0.1) is 5.92 Å². The van der Waals surface area contributed by atoms with E-state index in [9.17, 15) is 14.7 Å². The molecule has 0 saturated heterocycles. The Labute approximate surface area is 64.0 Å². The normalized spacial score (nSPS) is 35.2. The number of carbonyl (C=O) groups is 2. The monoisotopic (exact) mass is 152 g/mol. The average molecular weight is 152 g/mol. The van der Waals surface area contributed by atoms with E-state index in [1.54, 1.807) is 6.08 Å². The lowest BCUT2D eigenvalue weighted by Gasteiger charge is -2.23. The van der Waals surface area contributed by atoms with Crippen molar-refractivity contribution in [2.75, 3.05) is 0 Å². The summed E-state index contributed by atoms with van der Waals surface area (Å²) >= 11 is 0. The molecule has 0 aromatic carbocycles. The predicted octanol–water partition coefficient (Wildman–Crippen LogP) is -0.143. The van der Waals surface area contributed by atoms with E-state index >= 15 is 0 Å². The van der Waals surface area contributed by atoms with Gasteiger partial charge in [0.2, 0.25) is 0 Å². The highest BCUT2D eigenvalue weighted by atomic mass is 16.3. The third-order valence-electron chi connectivity index (χ3n) is 1.66. The zero-order valence-electron chi connectivity index (χ0n) is 5.81. The van der Waals surface area contributed by atoms with Crippen molar-refractivity contribution in [3.05, 3.63) is 24.3 Å². The highest BCUT2D eigenvalue weighted by Gasteiger charge is 2.33. The van der Waals surface area contributed by atoms with Crippen LogP contribution in [0.15, 0.2) is 24.3 Å². The molecule has 11 heavy (non-hydrogen) atoms. The van der Waals surface area contributed by atoms with Crippen LogP contribution < -0.4 is 0 Å².